The molecule has 0 fully saturated rings. The zero-order valence-electron chi connectivity index (χ0n) is 9.69. The topological polar surface area (TPSA) is 9.23 Å². The van der Waals surface area contributed by atoms with E-state index in [0.29, 0.717) is 10.8 Å². The highest BCUT2D eigenvalue weighted by molar-refractivity contribution is 6.30. The smallest absolute Gasteiger partial charge is 0.165 e. The summed E-state index contributed by atoms with van der Waals surface area (Å²) in [5, 5.41) is 0. The van der Waals surface area contributed by atoms with Crippen LogP contribution in [0.25, 0.3) is 0 Å². The molecule has 0 radical (unpaired) electrons. The van der Waals surface area contributed by atoms with Gasteiger partial charge < -0.3 is 4.43 Å². The molecule has 0 spiro atoms. The summed E-state index contributed by atoms with van der Waals surface area (Å²) in [4.78, 5) is 0. The Morgan fingerprint density at radius 1 is 0.917 bits per heavy atom. The van der Waals surface area contributed by atoms with Crippen LogP contribution in [-0.2, 0) is 4.43 Å². The maximum atomic E-state index is 5.40. The summed E-state index contributed by atoms with van der Waals surface area (Å²) >= 11 is 0. The molecule has 0 heterocycles. The van der Waals surface area contributed by atoms with Gasteiger partial charge in [0, 0.05) is 7.11 Å². The molecule has 1 nitrogen and oxygen atoms in total. The lowest BCUT2D eigenvalue weighted by molar-refractivity contribution is 0.213. The Hall–Kier alpha value is 0.177. The van der Waals surface area contributed by atoms with E-state index in [1.165, 1.54) is 0 Å². The van der Waals surface area contributed by atoms with Crippen molar-refractivity contribution in [2.24, 2.45) is 10.8 Å². The summed E-state index contributed by atoms with van der Waals surface area (Å²) in [7, 11) is 1.47. The van der Waals surface area contributed by atoms with Crippen LogP contribution in [0.15, 0.2) is 0 Å². The zero-order valence-corrected chi connectivity index (χ0v) is 11.1. The zero-order chi connectivity index (χ0) is 9.99. The van der Waals surface area contributed by atoms with Crippen molar-refractivity contribution in [2.75, 3.05) is 7.11 Å². The van der Waals surface area contributed by atoms with E-state index in [9.17, 15) is 0 Å². The molecule has 74 valence electrons. The first-order valence-electron chi connectivity index (χ1n) is 4.68. The molecule has 2 heteroatoms. The van der Waals surface area contributed by atoms with Gasteiger partial charge in [-0.3, -0.25) is 0 Å². The van der Waals surface area contributed by atoms with Crippen molar-refractivity contribution >= 4 is 9.76 Å². The van der Waals surface area contributed by atoms with E-state index in [1.807, 2.05) is 7.11 Å². The second-order valence-electron chi connectivity index (χ2n) is 5.74. The fraction of sp³-hybridized carbons (Fsp3) is 1.00. The average molecular weight is 188 g/mol. The summed E-state index contributed by atoms with van der Waals surface area (Å²) < 4.78 is 5.40. The third kappa shape index (κ3) is 3.72. The molecule has 0 aromatic rings. The summed E-state index contributed by atoms with van der Waals surface area (Å²) in [6.07, 6.45) is 0. The van der Waals surface area contributed by atoms with E-state index < -0.39 is 0 Å². The van der Waals surface area contributed by atoms with Crippen LogP contribution in [0.4, 0.5) is 0 Å². The van der Waals surface area contributed by atoms with E-state index in [0.717, 1.165) is 5.54 Å². The molecule has 0 atom stereocenters. The van der Waals surface area contributed by atoms with Gasteiger partial charge in [0.15, 0.2) is 9.76 Å². The first kappa shape index (κ1) is 12.2. The predicted octanol–water partition coefficient (Wildman–Crippen LogP) is 2.60. The van der Waals surface area contributed by atoms with Gasteiger partial charge in [-0.05, 0) is 16.4 Å². The van der Waals surface area contributed by atoms with Crippen LogP contribution in [-0.4, -0.2) is 16.9 Å². The number of hydrogen-bond donors (Lipinski definition) is 0. The largest absolute Gasteiger partial charge is 0.427 e. The predicted molar refractivity (Wildman–Crippen MR) is 58.2 cm³/mol. The molecule has 0 aromatic heterocycles. The minimum atomic E-state index is -0.373. The van der Waals surface area contributed by atoms with Crippen molar-refractivity contribution < 1.29 is 4.43 Å². The molecule has 0 aliphatic carbocycles. The Labute approximate surface area is 79.8 Å². The Balaban J connectivity index is 4.45. The number of rotatable bonds is 2. The molecule has 0 aliphatic rings. The summed E-state index contributed by atoms with van der Waals surface area (Å²) in [6.45, 7) is 13.9. The van der Waals surface area contributed by atoms with Gasteiger partial charge in [0.05, 0.1) is 0 Å². The van der Waals surface area contributed by atoms with Crippen molar-refractivity contribution in [1.29, 1.82) is 0 Å². The highest BCUT2D eigenvalue weighted by atomic mass is 28.2. The van der Waals surface area contributed by atoms with Gasteiger partial charge in [-0.25, -0.2) is 0 Å². The molecule has 0 unspecified atom stereocenters. The minimum Gasteiger partial charge on any atom is -0.427 e. The van der Waals surface area contributed by atoms with Crippen molar-refractivity contribution in [1.82, 2.24) is 0 Å². The van der Waals surface area contributed by atoms with Gasteiger partial charge in [-0.15, -0.1) is 0 Å². The highest BCUT2D eigenvalue weighted by Crippen LogP contribution is 2.44. The molecule has 0 amide bonds. The molecule has 0 bridgehead atoms. The van der Waals surface area contributed by atoms with Crippen LogP contribution in [0.5, 0.6) is 0 Å². The molecular weight excluding hydrogens is 164 g/mol. The lowest BCUT2D eigenvalue weighted by Crippen LogP contribution is -2.32. The minimum absolute atomic E-state index is 0.373. The maximum absolute atomic E-state index is 5.40. The maximum Gasteiger partial charge on any atom is 0.165 e. The summed E-state index contributed by atoms with van der Waals surface area (Å²) in [5.74, 6) is 0. The van der Waals surface area contributed by atoms with Gasteiger partial charge in [0.25, 0.3) is 0 Å². The second-order valence-corrected chi connectivity index (χ2v) is 7.47. The lowest BCUT2D eigenvalue weighted by Gasteiger charge is -2.39. The first-order chi connectivity index (χ1) is 5.19. The van der Waals surface area contributed by atoms with Gasteiger partial charge >= 0.3 is 0 Å². The quantitative estimate of drug-likeness (QED) is 0.605. The van der Waals surface area contributed by atoms with E-state index >= 15 is 0 Å². The SMILES string of the molecule is CO[SiH2]C(C(C)(C)C)C(C)(C)C. The molecule has 0 saturated carbocycles. The van der Waals surface area contributed by atoms with Crippen LogP contribution >= 0.6 is 0 Å². The normalized spacial score (nSPS) is 15.0. The molecule has 0 aliphatic heterocycles. The molecular formula is C10H24OSi. The third-order valence-electron chi connectivity index (χ3n) is 2.42. The van der Waals surface area contributed by atoms with Gasteiger partial charge in [0.2, 0.25) is 0 Å². The summed E-state index contributed by atoms with van der Waals surface area (Å²) in [6, 6.07) is 0. The Morgan fingerprint density at radius 3 is 1.33 bits per heavy atom. The Morgan fingerprint density at radius 2 is 1.25 bits per heavy atom. The van der Waals surface area contributed by atoms with Gasteiger partial charge in [-0.1, -0.05) is 41.5 Å². The summed E-state index contributed by atoms with van der Waals surface area (Å²) in [5.41, 5.74) is 1.52. The van der Waals surface area contributed by atoms with Crippen LogP contribution in [0.1, 0.15) is 41.5 Å². The molecule has 0 saturated heterocycles. The Bertz CT molecular complexity index is 116. The van der Waals surface area contributed by atoms with Crippen LogP contribution < -0.4 is 0 Å². The fourth-order valence-electron chi connectivity index (χ4n) is 1.97. The molecule has 0 rings (SSSR count). The standard InChI is InChI=1S/C10H24OSi/c1-9(2,3)8(12-11-7)10(4,5)6/h8H,12H2,1-7H3. The fourth-order valence-corrected chi connectivity index (χ4v) is 3.30. The van der Waals surface area contributed by atoms with Crippen LogP contribution in [0.2, 0.25) is 5.54 Å². The van der Waals surface area contributed by atoms with E-state index in [-0.39, 0.29) is 9.76 Å². The lowest BCUT2D eigenvalue weighted by atomic mass is 9.77. The third-order valence-corrected chi connectivity index (χ3v) is 5.54. The molecule has 12 heavy (non-hydrogen) atoms. The van der Waals surface area contributed by atoms with E-state index in [2.05, 4.69) is 41.5 Å². The first-order valence-corrected chi connectivity index (χ1v) is 6.08. The van der Waals surface area contributed by atoms with Crippen molar-refractivity contribution in [2.45, 2.75) is 47.1 Å². The van der Waals surface area contributed by atoms with Gasteiger partial charge in [-0.2, -0.15) is 0 Å². The van der Waals surface area contributed by atoms with Crippen molar-refractivity contribution in [3.05, 3.63) is 0 Å². The molecule has 0 aromatic carbocycles. The van der Waals surface area contributed by atoms with E-state index in [1.54, 1.807) is 0 Å². The number of hydrogen-bond acceptors (Lipinski definition) is 1. The average Bonchev–Trinajstić information content (AvgIpc) is 1.77. The monoisotopic (exact) mass is 188 g/mol. The second kappa shape index (κ2) is 3.92. The van der Waals surface area contributed by atoms with E-state index in [4.69, 9.17) is 4.43 Å². The Kier molecular flexibility index (Phi) is 3.98. The van der Waals surface area contributed by atoms with Crippen LogP contribution in [0.3, 0.4) is 0 Å². The molecule has 0 N–H and O–H groups in total. The van der Waals surface area contributed by atoms with Crippen molar-refractivity contribution in [3.8, 4) is 0 Å². The van der Waals surface area contributed by atoms with Crippen LogP contribution in [0, 0.1) is 10.8 Å². The highest BCUT2D eigenvalue weighted by Gasteiger charge is 2.34. The van der Waals surface area contributed by atoms with Crippen molar-refractivity contribution in [3.63, 3.8) is 0 Å². The van der Waals surface area contributed by atoms with Gasteiger partial charge in [0.1, 0.15) is 0 Å².